The number of thiazole rings is 1. The predicted octanol–water partition coefficient (Wildman–Crippen LogP) is 4.24. The minimum Gasteiger partial charge on any atom is -0.312 e. The lowest BCUT2D eigenvalue weighted by Crippen LogP contribution is -2.40. The van der Waals surface area contributed by atoms with Gasteiger partial charge in [-0.2, -0.15) is 0 Å². The van der Waals surface area contributed by atoms with E-state index in [1.54, 1.807) is 11.3 Å². The Hall–Kier alpha value is -1.19. The Morgan fingerprint density at radius 1 is 1.14 bits per heavy atom. The Morgan fingerprint density at radius 3 is 2.43 bits per heavy atom. The predicted molar refractivity (Wildman–Crippen MR) is 91.9 cm³/mol. The molecule has 0 aliphatic carbocycles. The van der Waals surface area contributed by atoms with E-state index in [2.05, 4.69) is 62.3 Å². The van der Waals surface area contributed by atoms with Crippen molar-refractivity contribution in [2.75, 3.05) is 6.54 Å². The van der Waals surface area contributed by atoms with Gasteiger partial charge in [-0.3, -0.25) is 4.98 Å². The number of rotatable bonds is 6. The SMILES string of the molecule is Cc1ccc(CC(CNC(C)(C)C)Cc2cncs2)cc1. The molecule has 1 aromatic heterocycles. The molecule has 0 aliphatic rings. The van der Waals surface area contributed by atoms with Crippen molar-refractivity contribution < 1.29 is 0 Å². The second-order valence-corrected chi connectivity index (χ2v) is 7.83. The molecular formula is C18H26N2S. The molecule has 0 bridgehead atoms. The van der Waals surface area contributed by atoms with Crippen molar-refractivity contribution >= 4 is 11.3 Å². The molecule has 1 aromatic carbocycles. The summed E-state index contributed by atoms with van der Waals surface area (Å²) in [5.41, 5.74) is 4.84. The zero-order valence-corrected chi connectivity index (χ0v) is 14.3. The van der Waals surface area contributed by atoms with Crippen molar-refractivity contribution in [1.82, 2.24) is 10.3 Å². The van der Waals surface area contributed by atoms with E-state index in [-0.39, 0.29) is 5.54 Å². The standard InChI is InChI=1S/C18H26N2S/c1-14-5-7-15(8-6-14)9-16(11-20-18(2,3)4)10-17-12-19-13-21-17/h5-8,12-13,16,20H,9-11H2,1-4H3. The van der Waals surface area contributed by atoms with Crippen molar-refractivity contribution in [3.8, 4) is 0 Å². The first-order valence-electron chi connectivity index (χ1n) is 7.60. The molecule has 3 heteroatoms. The van der Waals surface area contributed by atoms with Crippen LogP contribution in [0.25, 0.3) is 0 Å². The van der Waals surface area contributed by atoms with Crippen molar-refractivity contribution in [3.05, 3.63) is 52.0 Å². The van der Waals surface area contributed by atoms with Gasteiger partial charge in [-0.05, 0) is 58.6 Å². The third-order valence-electron chi connectivity index (χ3n) is 3.54. The first kappa shape index (κ1) is 16.2. The van der Waals surface area contributed by atoms with Crippen molar-refractivity contribution in [1.29, 1.82) is 0 Å². The second-order valence-electron chi connectivity index (χ2n) is 6.86. The molecule has 0 saturated heterocycles. The van der Waals surface area contributed by atoms with Gasteiger partial charge in [-0.25, -0.2) is 0 Å². The second kappa shape index (κ2) is 7.19. The van der Waals surface area contributed by atoms with E-state index in [1.165, 1.54) is 16.0 Å². The summed E-state index contributed by atoms with van der Waals surface area (Å²) in [7, 11) is 0. The average Bonchev–Trinajstić information content (AvgIpc) is 2.91. The van der Waals surface area contributed by atoms with Crippen LogP contribution in [0.3, 0.4) is 0 Å². The Labute approximate surface area is 132 Å². The molecule has 2 aromatic rings. The van der Waals surface area contributed by atoms with Crippen molar-refractivity contribution in [2.45, 2.75) is 46.1 Å². The molecule has 1 atom stereocenters. The summed E-state index contributed by atoms with van der Waals surface area (Å²) >= 11 is 1.76. The number of nitrogens with zero attached hydrogens (tertiary/aromatic N) is 1. The summed E-state index contributed by atoms with van der Waals surface area (Å²) < 4.78 is 0. The largest absolute Gasteiger partial charge is 0.312 e. The Balaban J connectivity index is 2.01. The maximum Gasteiger partial charge on any atom is 0.0794 e. The zero-order chi connectivity index (χ0) is 15.3. The maximum absolute atomic E-state index is 4.20. The van der Waals surface area contributed by atoms with Crippen LogP contribution in [0.5, 0.6) is 0 Å². The fourth-order valence-electron chi connectivity index (χ4n) is 2.35. The van der Waals surface area contributed by atoms with Crippen molar-refractivity contribution in [2.24, 2.45) is 5.92 Å². The summed E-state index contributed by atoms with van der Waals surface area (Å²) in [6, 6.07) is 8.92. The normalized spacial score (nSPS) is 13.3. The van der Waals surface area contributed by atoms with Gasteiger partial charge >= 0.3 is 0 Å². The highest BCUT2D eigenvalue weighted by molar-refractivity contribution is 7.09. The highest BCUT2D eigenvalue weighted by Crippen LogP contribution is 2.18. The Bertz CT molecular complexity index is 523. The maximum atomic E-state index is 4.20. The molecule has 0 radical (unpaired) electrons. The summed E-state index contributed by atoms with van der Waals surface area (Å²) in [4.78, 5) is 5.58. The van der Waals surface area contributed by atoms with Gasteiger partial charge in [0.2, 0.25) is 0 Å². The van der Waals surface area contributed by atoms with Gasteiger partial charge in [0.25, 0.3) is 0 Å². The zero-order valence-electron chi connectivity index (χ0n) is 13.5. The summed E-state index contributed by atoms with van der Waals surface area (Å²) in [5.74, 6) is 0.604. The molecule has 0 spiro atoms. The number of nitrogens with one attached hydrogen (secondary N) is 1. The van der Waals surface area contributed by atoms with Gasteiger partial charge in [-0.15, -0.1) is 11.3 Å². The monoisotopic (exact) mass is 302 g/mol. The van der Waals surface area contributed by atoms with E-state index in [9.17, 15) is 0 Å². The lowest BCUT2D eigenvalue weighted by atomic mass is 9.94. The highest BCUT2D eigenvalue weighted by atomic mass is 32.1. The molecule has 114 valence electrons. The van der Waals surface area contributed by atoms with Gasteiger partial charge in [0, 0.05) is 16.6 Å². The van der Waals surface area contributed by atoms with E-state index in [1.807, 2.05) is 11.7 Å². The van der Waals surface area contributed by atoms with Crippen LogP contribution in [0, 0.1) is 12.8 Å². The highest BCUT2D eigenvalue weighted by Gasteiger charge is 2.16. The summed E-state index contributed by atoms with van der Waals surface area (Å²) in [6.45, 7) is 9.85. The lowest BCUT2D eigenvalue weighted by molar-refractivity contribution is 0.368. The van der Waals surface area contributed by atoms with E-state index >= 15 is 0 Å². The third-order valence-corrected chi connectivity index (χ3v) is 4.34. The number of aromatic nitrogens is 1. The van der Waals surface area contributed by atoms with Crippen LogP contribution in [-0.2, 0) is 12.8 Å². The number of hydrogen-bond acceptors (Lipinski definition) is 3. The van der Waals surface area contributed by atoms with Crippen LogP contribution in [-0.4, -0.2) is 17.1 Å². The fourth-order valence-corrected chi connectivity index (χ4v) is 3.06. The smallest absolute Gasteiger partial charge is 0.0794 e. The average molecular weight is 302 g/mol. The third kappa shape index (κ3) is 5.98. The van der Waals surface area contributed by atoms with E-state index in [4.69, 9.17) is 0 Å². The van der Waals surface area contributed by atoms with Gasteiger partial charge in [0.1, 0.15) is 0 Å². The van der Waals surface area contributed by atoms with Gasteiger partial charge < -0.3 is 5.32 Å². The van der Waals surface area contributed by atoms with Crippen LogP contribution >= 0.6 is 11.3 Å². The molecule has 2 rings (SSSR count). The van der Waals surface area contributed by atoms with E-state index in [0.717, 1.165) is 19.4 Å². The Morgan fingerprint density at radius 2 is 1.86 bits per heavy atom. The minimum absolute atomic E-state index is 0.166. The van der Waals surface area contributed by atoms with E-state index < -0.39 is 0 Å². The van der Waals surface area contributed by atoms with E-state index in [0.29, 0.717) is 5.92 Å². The molecule has 1 N–H and O–H groups in total. The topological polar surface area (TPSA) is 24.9 Å². The van der Waals surface area contributed by atoms with Crippen LogP contribution in [0.1, 0.15) is 36.8 Å². The van der Waals surface area contributed by atoms with Gasteiger partial charge in [0.05, 0.1) is 5.51 Å². The van der Waals surface area contributed by atoms with Gasteiger partial charge in [0.15, 0.2) is 0 Å². The van der Waals surface area contributed by atoms with Gasteiger partial charge in [-0.1, -0.05) is 29.8 Å². The molecule has 0 saturated carbocycles. The van der Waals surface area contributed by atoms with Crippen LogP contribution in [0.2, 0.25) is 0 Å². The lowest BCUT2D eigenvalue weighted by Gasteiger charge is -2.25. The molecule has 0 fully saturated rings. The van der Waals surface area contributed by atoms with Crippen LogP contribution in [0.15, 0.2) is 36.0 Å². The molecule has 0 aliphatic heterocycles. The number of hydrogen-bond donors (Lipinski definition) is 1. The molecular weight excluding hydrogens is 276 g/mol. The number of benzene rings is 1. The van der Waals surface area contributed by atoms with Crippen molar-refractivity contribution in [3.63, 3.8) is 0 Å². The first-order chi connectivity index (χ1) is 9.92. The summed E-state index contributed by atoms with van der Waals surface area (Å²) in [6.07, 6.45) is 4.22. The molecule has 1 unspecified atom stereocenters. The minimum atomic E-state index is 0.166. The Kier molecular flexibility index (Phi) is 5.54. The quantitative estimate of drug-likeness (QED) is 0.863. The number of aryl methyl sites for hydroxylation is 1. The van der Waals surface area contributed by atoms with Crippen LogP contribution in [0.4, 0.5) is 0 Å². The molecule has 1 heterocycles. The molecule has 0 amide bonds. The van der Waals surface area contributed by atoms with Crippen LogP contribution < -0.4 is 5.32 Å². The molecule has 21 heavy (non-hydrogen) atoms. The molecule has 2 nitrogen and oxygen atoms in total. The first-order valence-corrected chi connectivity index (χ1v) is 8.48. The summed E-state index contributed by atoms with van der Waals surface area (Å²) in [5, 5.41) is 3.65. The fraction of sp³-hybridized carbons (Fsp3) is 0.500.